The topological polar surface area (TPSA) is 35.2 Å². The van der Waals surface area contributed by atoms with Gasteiger partial charge in [0, 0.05) is 22.5 Å². The lowest BCUT2D eigenvalue weighted by Gasteiger charge is -2.16. The molecular formula is C17H17Cl2NO. The Hall–Kier alpha value is -1.22. The summed E-state index contributed by atoms with van der Waals surface area (Å²) in [7, 11) is 0. The van der Waals surface area contributed by atoms with Gasteiger partial charge in [-0.1, -0.05) is 35.3 Å². The summed E-state index contributed by atoms with van der Waals surface area (Å²) in [6, 6.07) is 9.74. The molecule has 0 fully saturated rings. The molecule has 110 valence electrons. The standard InChI is InChI=1S/C17H17Cl2NO/c1-10-6-11(2-3-15(10)19)16(20)9-13-8-14(18)7-12-4-5-21-17(12)13/h2-3,6-8,16H,4-5,9,20H2,1H3. The molecule has 4 heteroatoms. The van der Waals surface area contributed by atoms with Crippen molar-refractivity contribution in [2.75, 3.05) is 6.61 Å². The zero-order valence-corrected chi connectivity index (χ0v) is 13.3. The number of rotatable bonds is 3. The Morgan fingerprint density at radius 1 is 1.24 bits per heavy atom. The first-order chi connectivity index (χ1) is 10.0. The summed E-state index contributed by atoms with van der Waals surface area (Å²) in [5.74, 6) is 0.959. The van der Waals surface area contributed by atoms with Crippen LogP contribution in [0.15, 0.2) is 30.3 Å². The Morgan fingerprint density at radius 3 is 2.81 bits per heavy atom. The molecule has 0 amide bonds. The van der Waals surface area contributed by atoms with E-state index in [-0.39, 0.29) is 6.04 Å². The van der Waals surface area contributed by atoms with E-state index in [4.69, 9.17) is 33.7 Å². The van der Waals surface area contributed by atoms with Gasteiger partial charge in [-0.05, 0) is 53.8 Å². The molecule has 3 rings (SSSR count). The molecule has 1 heterocycles. The third kappa shape index (κ3) is 3.03. The predicted molar refractivity (Wildman–Crippen MR) is 87.5 cm³/mol. The van der Waals surface area contributed by atoms with Gasteiger partial charge in [0.2, 0.25) is 0 Å². The molecule has 0 bridgehead atoms. The summed E-state index contributed by atoms with van der Waals surface area (Å²) < 4.78 is 5.73. The van der Waals surface area contributed by atoms with Gasteiger partial charge < -0.3 is 10.5 Å². The van der Waals surface area contributed by atoms with Gasteiger partial charge in [0.25, 0.3) is 0 Å². The van der Waals surface area contributed by atoms with E-state index < -0.39 is 0 Å². The van der Waals surface area contributed by atoms with Gasteiger partial charge >= 0.3 is 0 Å². The highest BCUT2D eigenvalue weighted by atomic mass is 35.5. The number of halogens is 2. The third-order valence-corrected chi connectivity index (χ3v) is 4.52. The first-order valence-corrected chi connectivity index (χ1v) is 7.76. The van der Waals surface area contributed by atoms with Crippen LogP contribution in [0.4, 0.5) is 0 Å². The molecule has 1 unspecified atom stereocenters. The second-order valence-corrected chi connectivity index (χ2v) is 6.31. The zero-order chi connectivity index (χ0) is 15.0. The molecule has 1 atom stereocenters. The molecule has 2 aromatic carbocycles. The first kappa shape index (κ1) is 14.7. The van der Waals surface area contributed by atoms with E-state index in [1.807, 2.05) is 37.3 Å². The highest BCUT2D eigenvalue weighted by Gasteiger charge is 2.19. The highest BCUT2D eigenvalue weighted by Crippen LogP contribution is 2.35. The van der Waals surface area contributed by atoms with E-state index in [0.717, 1.165) is 45.5 Å². The Kier molecular flexibility index (Phi) is 4.12. The number of aryl methyl sites for hydroxylation is 1. The first-order valence-electron chi connectivity index (χ1n) is 7.00. The van der Waals surface area contributed by atoms with Crippen molar-refractivity contribution in [2.24, 2.45) is 5.73 Å². The van der Waals surface area contributed by atoms with Crippen LogP contribution in [0.25, 0.3) is 0 Å². The number of benzene rings is 2. The smallest absolute Gasteiger partial charge is 0.125 e. The maximum absolute atomic E-state index is 6.35. The fourth-order valence-corrected chi connectivity index (χ4v) is 3.13. The van der Waals surface area contributed by atoms with Crippen LogP contribution in [0.5, 0.6) is 5.75 Å². The summed E-state index contributed by atoms with van der Waals surface area (Å²) in [5.41, 5.74) is 10.7. The zero-order valence-electron chi connectivity index (χ0n) is 11.8. The lowest BCUT2D eigenvalue weighted by Crippen LogP contribution is -2.14. The molecule has 1 aliphatic heterocycles. The number of fused-ring (bicyclic) bond motifs is 1. The van der Waals surface area contributed by atoms with Crippen LogP contribution in [0.1, 0.15) is 28.3 Å². The van der Waals surface area contributed by atoms with Crippen LogP contribution in [-0.4, -0.2) is 6.61 Å². The molecule has 21 heavy (non-hydrogen) atoms. The van der Waals surface area contributed by atoms with Gasteiger partial charge in [-0.25, -0.2) is 0 Å². The largest absolute Gasteiger partial charge is 0.493 e. The maximum atomic E-state index is 6.35. The molecule has 1 aliphatic rings. The molecule has 0 aromatic heterocycles. The van der Waals surface area contributed by atoms with Crippen molar-refractivity contribution < 1.29 is 4.74 Å². The normalized spacial score (nSPS) is 14.7. The molecule has 0 radical (unpaired) electrons. The minimum atomic E-state index is -0.104. The van der Waals surface area contributed by atoms with E-state index in [0.29, 0.717) is 6.42 Å². The van der Waals surface area contributed by atoms with E-state index in [2.05, 4.69) is 0 Å². The van der Waals surface area contributed by atoms with Crippen molar-refractivity contribution >= 4 is 23.2 Å². The average molecular weight is 322 g/mol. The second-order valence-electron chi connectivity index (χ2n) is 5.47. The maximum Gasteiger partial charge on any atom is 0.125 e. The minimum absolute atomic E-state index is 0.104. The fourth-order valence-electron chi connectivity index (χ4n) is 2.75. The van der Waals surface area contributed by atoms with E-state index in [1.165, 1.54) is 5.56 Å². The minimum Gasteiger partial charge on any atom is -0.493 e. The van der Waals surface area contributed by atoms with E-state index >= 15 is 0 Å². The lowest BCUT2D eigenvalue weighted by atomic mass is 9.96. The Morgan fingerprint density at radius 2 is 2.05 bits per heavy atom. The predicted octanol–water partition coefficient (Wildman–Crippen LogP) is 4.48. The Labute approximate surface area is 134 Å². The fraction of sp³-hybridized carbons (Fsp3) is 0.294. The van der Waals surface area contributed by atoms with Gasteiger partial charge in [0.15, 0.2) is 0 Å². The molecule has 2 N–H and O–H groups in total. The van der Waals surface area contributed by atoms with Crippen LogP contribution in [0.3, 0.4) is 0 Å². The van der Waals surface area contributed by atoms with Gasteiger partial charge in [-0.3, -0.25) is 0 Å². The monoisotopic (exact) mass is 321 g/mol. The molecule has 0 aliphatic carbocycles. The second kappa shape index (κ2) is 5.88. The van der Waals surface area contributed by atoms with Crippen molar-refractivity contribution in [3.8, 4) is 5.75 Å². The van der Waals surface area contributed by atoms with E-state index in [1.54, 1.807) is 0 Å². The van der Waals surface area contributed by atoms with Crippen molar-refractivity contribution in [1.82, 2.24) is 0 Å². The van der Waals surface area contributed by atoms with Gasteiger partial charge in [0.1, 0.15) is 5.75 Å². The van der Waals surface area contributed by atoms with Crippen LogP contribution in [0.2, 0.25) is 10.0 Å². The molecular weight excluding hydrogens is 305 g/mol. The third-order valence-electron chi connectivity index (χ3n) is 3.88. The van der Waals surface area contributed by atoms with Gasteiger partial charge in [0.05, 0.1) is 6.61 Å². The number of hydrogen-bond acceptors (Lipinski definition) is 2. The summed E-state index contributed by atoms with van der Waals surface area (Å²) in [4.78, 5) is 0. The van der Waals surface area contributed by atoms with Crippen molar-refractivity contribution in [3.05, 3.63) is 62.6 Å². The Balaban J connectivity index is 1.88. The highest BCUT2D eigenvalue weighted by molar-refractivity contribution is 6.31. The summed E-state index contributed by atoms with van der Waals surface area (Å²) >= 11 is 12.3. The van der Waals surface area contributed by atoms with Gasteiger partial charge in [-0.15, -0.1) is 0 Å². The number of hydrogen-bond donors (Lipinski definition) is 1. The summed E-state index contributed by atoms with van der Waals surface area (Å²) in [6.45, 7) is 2.71. The molecule has 0 saturated heterocycles. The summed E-state index contributed by atoms with van der Waals surface area (Å²) in [6.07, 6.45) is 1.61. The molecule has 2 nitrogen and oxygen atoms in total. The van der Waals surface area contributed by atoms with Crippen LogP contribution in [-0.2, 0) is 12.8 Å². The average Bonchev–Trinajstić information content (AvgIpc) is 2.90. The number of ether oxygens (including phenoxy) is 1. The van der Waals surface area contributed by atoms with Crippen LogP contribution < -0.4 is 10.5 Å². The number of nitrogens with two attached hydrogens (primary N) is 1. The Bertz CT molecular complexity index is 685. The van der Waals surface area contributed by atoms with Crippen molar-refractivity contribution in [1.29, 1.82) is 0 Å². The summed E-state index contributed by atoms with van der Waals surface area (Å²) in [5, 5.41) is 1.51. The van der Waals surface area contributed by atoms with E-state index in [9.17, 15) is 0 Å². The van der Waals surface area contributed by atoms with Crippen LogP contribution >= 0.6 is 23.2 Å². The molecule has 0 saturated carbocycles. The molecule has 0 spiro atoms. The van der Waals surface area contributed by atoms with Crippen molar-refractivity contribution in [2.45, 2.75) is 25.8 Å². The van der Waals surface area contributed by atoms with Gasteiger partial charge in [-0.2, -0.15) is 0 Å². The quantitative estimate of drug-likeness (QED) is 0.904. The van der Waals surface area contributed by atoms with Crippen molar-refractivity contribution in [3.63, 3.8) is 0 Å². The lowest BCUT2D eigenvalue weighted by molar-refractivity contribution is 0.352. The van der Waals surface area contributed by atoms with Crippen LogP contribution in [0, 0.1) is 6.92 Å². The SMILES string of the molecule is Cc1cc(C(N)Cc2cc(Cl)cc3c2OCC3)ccc1Cl. The molecule has 2 aromatic rings.